The Bertz CT molecular complexity index is 500. The second-order valence-corrected chi connectivity index (χ2v) is 5.05. The van der Waals surface area contributed by atoms with Gasteiger partial charge >= 0.3 is 12.0 Å². The molecule has 20 heavy (non-hydrogen) atoms. The smallest absolute Gasteiger partial charge is 0.335 e. The van der Waals surface area contributed by atoms with E-state index in [1.807, 2.05) is 6.92 Å². The van der Waals surface area contributed by atoms with Gasteiger partial charge in [0.15, 0.2) is 0 Å². The first-order valence-electron chi connectivity index (χ1n) is 6.52. The number of urea groups is 1. The third-order valence-corrected chi connectivity index (χ3v) is 3.46. The number of benzene rings is 1. The highest BCUT2D eigenvalue weighted by Crippen LogP contribution is 2.17. The third-order valence-electron chi connectivity index (χ3n) is 3.46. The van der Waals surface area contributed by atoms with Crippen LogP contribution in [0.15, 0.2) is 24.3 Å². The SMILES string of the molecule is CC1CC(O)CN1C(=O)NCc1ccc(C(=O)O)cc1. The number of rotatable bonds is 3. The lowest BCUT2D eigenvalue weighted by molar-refractivity contribution is 0.0697. The number of aliphatic hydroxyl groups excluding tert-OH is 1. The summed E-state index contributed by atoms with van der Waals surface area (Å²) in [7, 11) is 0. The Balaban J connectivity index is 1.88. The first-order valence-corrected chi connectivity index (χ1v) is 6.52. The van der Waals surface area contributed by atoms with Crippen LogP contribution in [0, 0.1) is 0 Å². The molecular weight excluding hydrogens is 260 g/mol. The Kier molecular flexibility index (Phi) is 4.24. The molecule has 0 aromatic heterocycles. The lowest BCUT2D eigenvalue weighted by Crippen LogP contribution is -2.41. The second-order valence-electron chi connectivity index (χ2n) is 5.05. The normalized spacial score (nSPS) is 21.8. The summed E-state index contributed by atoms with van der Waals surface area (Å²) in [6, 6.07) is 6.17. The maximum Gasteiger partial charge on any atom is 0.335 e. The standard InChI is InChI=1S/C14H18N2O4/c1-9-6-12(17)8-16(9)14(20)15-7-10-2-4-11(5-3-10)13(18)19/h2-5,9,12,17H,6-8H2,1H3,(H,15,20)(H,18,19). The number of hydrogen-bond donors (Lipinski definition) is 3. The van der Waals surface area contributed by atoms with E-state index in [-0.39, 0.29) is 17.6 Å². The highest BCUT2D eigenvalue weighted by atomic mass is 16.4. The number of hydrogen-bond acceptors (Lipinski definition) is 3. The molecule has 0 bridgehead atoms. The van der Waals surface area contributed by atoms with Crippen molar-refractivity contribution in [2.24, 2.45) is 0 Å². The van der Waals surface area contributed by atoms with E-state index in [0.717, 1.165) is 5.56 Å². The largest absolute Gasteiger partial charge is 0.478 e. The van der Waals surface area contributed by atoms with Crippen LogP contribution in [-0.4, -0.2) is 45.8 Å². The van der Waals surface area contributed by atoms with E-state index in [1.165, 1.54) is 12.1 Å². The molecule has 1 heterocycles. The van der Waals surface area contributed by atoms with Crippen LogP contribution in [0.2, 0.25) is 0 Å². The Morgan fingerprint density at radius 1 is 1.35 bits per heavy atom. The van der Waals surface area contributed by atoms with Crippen molar-refractivity contribution in [2.75, 3.05) is 6.54 Å². The van der Waals surface area contributed by atoms with Crippen molar-refractivity contribution in [3.8, 4) is 0 Å². The number of carboxylic acid groups (broad SMARTS) is 1. The van der Waals surface area contributed by atoms with E-state index < -0.39 is 12.1 Å². The third kappa shape index (κ3) is 3.27. The number of aliphatic hydroxyl groups is 1. The maximum absolute atomic E-state index is 12.0. The highest BCUT2D eigenvalue weighted by molar-refractivity contribution is 5.87. The van der Waals surface area contributed by atoms with Gasteiger partial charge in [-0.05, 0) is 31.0 Å². The Labute approximate surface area is 117 Å². The highest BCUT2D eigenvalue weighted by Gasteiger charge is 2.30. The van der Waals surface area contributed by atoms with Gasteiger partial charge in [0, 0.05) is 19.1 Å². The summed E-state index contributed by atoms with van der Waals surface area (Å²) in [6.07, 6.45) is 0.145. The Morgan fingerprint density at radius 3 is 2.50 bits per heavy atom. The van der Waals surface area contributed by atoms with Crippen molar-refractivity contribution in [2.45, 2.75) is 32.0 Å². The summed E-state index contributed by atoms with van der Waals surface area (Å²) in [5.41, 5.74) is 1.05. The molecule has 3 N–H and O–H groups in total. The minimum atomic E-state index is -0.972. The van der Waals surface area contributed by atoms with Gasteiger partial charge in [-0.3, -0.25) is 0 Å². The van der Waals surface area contributed by atoms with E-state index in [1.54, 1.807) is 17.0 Å². The Hall–Kier alpha value is -2.08. The van der Waals surface area contributed by atoms with Crippen LogP contribution in [0.4, 0.5) is 4.79 Å². The second kappa shape index (κ2) is 5.92. The van der Waals surface area contributed by atoms with E-state index in [9.17, 15) is 14.7 Å². The Morgan fingerprint density at radius 2 is 2.00 bits per heavy atom. The van der Waals surface area contributed by atoms with Crippen molar-refractivity contribution in [1.82, 2.24) is 10.2 Å². The maximum atomic E-state index is 12.0. The summed E-state index contributed by atoms with van der Waals surface area (Å²) in [5.74, 6) is -0.972. The molecule has 0 saturated carbocycles. The summed E-state index contributed by atoms with van der Waals surface area (Å²) in [5, 5.41) is 21.1. The van der Waals surface area contributed by atoms with Gasteiger partial charge in [-0.15, -0.1) is 0 Å². The first kappa shape index (κ1) is 14.3. The molecule has 1 aliphatic heterocycles. The molecule has 0 aliphatic carbocycles. The fourth-order valence-corrected chi connectivity index (χ4v) is 2.33. The number of carboxylic acids is 1. The molecule has 0 radical (unpaired) electrons. The van der Waals surface area contributed by atoms with Crippen molar-refractivity contribution >= 4 is 12.0 Å². The van der Waals surface area contributed by atoms with Gasteiger partial charge in [0.05, 0.1) is 11.7 Å². The van der Waals surface area contributed by atoms with Crippen LogP contribution >= 0.6 is 0 Å². The van der Waals surface area contributed by atoms with Gasteiger partial charge in [0.2, 0.25) is 0 Å². The fourth-order valence-electron chi connectivity index (χ4n) is 2.33. The number of aromatic carboxylic acids is 1. The molecular formula is C14H18N2O4. The van der Waals surface area contributed by atoms with Gasteiger partial charge in [-0.2, -0.15) is 0 Å². The van der Waals surface area contributed by atoms with Gasteiger partial charge in [-0.1, -0.05) is 12.1 Å². The molecule has 6 nitrogen and oxygen atoms in total. The molecule has 1 aromatic rings. The summed E-state index contributed by atoms with van der Waals surface area (Å²) in [4.78, 5) is 24.3. The van der Waals surface area contributed by atoms with Gasteiger partial charge in [-0.25, -0.2) is 9.59 Å². The number of likely N-dealkylation sites (tertiary alicyclic amines) is 1. The zero-order chi connectivity index (χ0) is 14.7. The van der Waals surface area contributed by atoms with Crippen molar-refractivity contribution < 1.29 is 19.8 Å². The molecule has 1 fully saturated rings. The summed E-state index contributed by atoms with van der Waals surface area (Å²) in [6.45, 7) is 2.58. The number of carbonyl (C=O) groups is 2. The van der Waals surface area contributed by atoms with Gasteiger partial charge < -0.3 is 20.4 Å². The average Bonchev–Trinajstić information content (AvgIpc) is 2.75. The monoisotopic (exact) mass is 278 g/mol. The van der Waals surface area contributed by atoms with Crippen molar-refractivity contribution in [3.63, 3.8) is 0 Å². The zero-order valence-electron chi connectivity index (χ0n) is 11.2. The number of carbonyl (C=O) groups excluding carboxylic acids is 1. The predicted molar refractivity (Wildman–Crippen MR) is 72.4 cm³/mol. The molecule has 1 saturated heterocycles. The lowest BCUT2D eigenvalue weighted by atomic mass is 10.1. The fraction of sp³-hybridized carbons (Fsp3) is 0.429. The topological polar surface area (TPSA) is 89.9 Å². The number of nitrogens with one attached hydrogen (secondary N) is 1. The minimum Gasteiger partial charge on any atom is -0.478 e. The quantitative estimate of drug-likeness (QED) is 0.771. The molecule has 1 aliphatic rings. The van der Waals surface area contributed by atoms with Crippen LogP contribution < -0.4 is 5.32 Å². The summed E-state index contributed by atoms with van der Waals surface area (Å²) >= 11 is 0. The molecule has 0 spiro atoms. The number of nitrogens with zero attached hydrogens (tertiary/aromatic N) is 1. The number of amides is 2. The van der Waals surface area contributed by atoms with Gasteiger partial charge in [0.25, 0.3) is 0 Å². The molecule has 108 valence electrons. The van der Waals surface area contributed by atoms with E-state index in [2.05, 4.69) is 5.32 Å². The van der Waals surface area contributed by atoms with E-state index in [4.69, 9.17) is 5.11 Å². The molecule has 6 heteroatoms. The predicted octanol–water partition coefficient (Wildman–Crippen LogP) is 1.05. The lowest BCUT2D eigenvalue weighted by Gasteiger charge is -2.21. The van der Waals surface area contributed by atoms with Crippen LogP contribution in [-0.2, 0) is 6.54 Å². The number of β-amino-alcohol motifs (C(OH)–C–C–N with tert-alkyl or cyclic N) is 1. The van der Waals surface area contributed by atoms with Crippen molar-refractivity contribution in [3.05, 3.63) is 35.4 Å². The van der Waals surface area contributed by atoms with Crippen LogP contribution in [0.1, 0.15) is 29.3 Å². The first-order chi connectivity index (χ1) is 9.47. The van der Waals surface area contributed by atoms with Crippen LogP contribution in [0.25, 0.3) is 0 Å². The zero-order valence-corrected chi connectivity index (χ0v) is 11.2. The average molecular weight is 278 g/mol. The molecule has 2 rings (SSSR count). The molecule has 2 unspecified atom stereocenters. The van der Waals surface area contributed by atoms with E-state index in [0.29, 0.717) is 19.5 Å². The van der Waals surface area contributed by atoms with E-state index >= 15 is 0 Å². The summed E-state index contributed by atoms with van der Waals surface area (Å²) < 4.78 is 0. The van der Waals surface area contributed by atoms with Crippen molar-refractivity contribution in [1.29, 1.82) is 0 Å². The minimum absolute atomic E-state index is 0.0272. The van der Waals surface area contributed by atoms with Crippen LogP contribution in [0.3, 0.4) is 0 Å². The molecule has 1 aromatic carbocycles. The van der Waals surface area contributed by atoms with Gasteiger partial charge in [0.1, 0.15) is 0 Å². The van der Waals surface area contributed by atoms with Crippen LogP contribution in [0.5, 0.6) is 0 Å². The molecule has 2 atom stereocenters. The molecule has 2 amide bonds.